The number of carbonyl (C=O) groups excluding carboxylic acids is 1. The molecule has 1 amide bonds. The van der Waals surface area contributed by atoms with Crippen LogP contribution in [0, 0.1) is 6.92 Å². The Labute approximate surface area is 199 Å². The molecule has 0 saturated heterocycles. The van der Waals surface area contributed by atoms with Crippen molar-refractivity contribution in [2.24, 2.45) is 0 Å². The van der Waals surface area contributed by atoms with Crippen molar-refractivity contribution < 1.29 is 9.90 Å². The molecule has 4 aromatic rings. The van der Waals surface area contributed by atoms with Crippen LogP contribution >= 0.6 is 11.6 Å². The van der Waals surface area contributed by atoms with E-state index >= 15 is 0 Å². The Hall–Kier alpha value is -3.89. The fourth-order valence-electron chi connectivity index (χ4n) is 3.51. The number of anilines is 1. The molecule has 10 nitrogen and oxygen atoms in total. The number of aliphatic hydroxyl groups is 1. The van der Waals surface area contributed by atoms with Crippen LogP contribution in [0.2, 0.25) is 5.02 Å². The number of rotatable bonds is 7. The first-order valence-electron chi connectivity index (χ1n) is 10.5. The Kier molecular flexibility index (Phi) is 6.80. The first kappa shape index (κ1) is 23.3. The molecule has 34 heavy (non-hydrogen) atoms. The number of aliphatic hydroxyl groups excluding tert-OH is 1. The number of pyridine rings is 1. The lowest BCUT2D eigenvalue weighted by molar-refractivity contribution is -0.121. The molecule has 0 aliphatic heterocycles. The van der Waals surface area contributed by atoms with Crippen molar-refractivity contribution in [2.45, 2.75) is 13.5 Å². The van der Waals surface area contributed by atoms with Crippen LogP contribution in [0.15, 0.2) is 47.7 Å². The Balaban J connectivity index is 1.85. The number of nitrogens with zero attached hydrogens (tertiary/aromatic N) is 5. The van der Waals surface area contributed by atoms with Gasteiger partial charge in [0.1, 0.15) is 12.2 Å². The molecule has 3 N–H and O–H groups in total. The SMILES string of the molecule is CNc1ncc2cc(-c3ccc(-c4cncc(C)n4)cc3Cl)c(=O)n(CC(=O)NCCO)c2n1. The fourth-order valence-corrected chi connectivity index (χ4v) is 3.79. The number of halogens is 1. The molecule has 174 valence electrons. The van der Waals surface area contributed by atoms with Gasteiger partial charge >= 0.3 is 0 Å². The van der Waals surface area contributed by atoms with Crippen molar-refractivity contribution >= 4 is 34.5 Å². The van der Waals surface area contributed by atoms with Crippen molar-refractivity contribution in [3.8, 4) is 22.4 Å². The van der Waals surface area contributed by atoms with Crippen LogP contribution in [0.1, 0.15) is 5.69 Å². The zero-order valence-corrected chi connectivity index (χ0v) is 19.3. The number of aryl methyl sites for hydroxylation is 1. The van der Waals surface area contributed by atoms with Gasteiger partial charge in [-0.1, -0.05) is 23.7 Å². The first-order valence-corrected chi connectivity index (χ1v) is 10.8. The Morgan fingerprint density at radius 3 is 2.68 bits per heavy atom. The fraction of sp³-hybridized carbons (Fsp3) is 0.217. The molecule has 0 unspecified atom stereocenters. The monoisotopic (exact) mass is 479 g/mol. The smallest absolute Gasteiger partial charge is 0.260 e. The lowest BCUT2D eigenvalue weighted by Crippen LogP contribution is -2.34. The summed E-state index contributed by atoms with van der Waals surface area (Å²) in [5.74, 6) is -0.121. The zero-order valence-electron chi connectivity index (χ0n) is 18.5. The van der Waals surface area contributed by atoms with Gasteiger partial charge in [-0.15, -0.1) is 0 Å². The average Bonchev–Trinajstić information content (AvgIpc) is 2.84. The minimum atomic E-state index is -0.433. The number of hydrogen-bond donors (Lipinski definition) is 3. The van der Waals surface area contributed by atoms with E-state index in [2.05, 4.69) is 30.6 Å². The van der Waals surface area contributed by atoms with Crippen LogP contribution in [0.5, 0.6) is 0 Å². The third kappa shape index (κ3) is 4.73. The van der Waals surface area contributed by atoms with Gasteiger partial charge in [0.05, 0.1) is 24.2 Å². The molecule has 0 spiro atoms. The highest BCUT2D eigenvalue weighted by Gasteiger charge is 2.18. The Morgan fingerprint density at radius 2 is 1.97 bits per heavy atom. The van der Waals surface area contributed by atoms with Crippen LogP contribution in [0.25, 0.3) is 33.4 Å². The topological polar surface area (TPSA) is 135 Å². The summed E-state index contributed by atoms with van der Waals surface area (Å²) in [5, 5.41) is 15.3. The minimum absolute atomic E-state index is 0.0805. The van der Waals surface area contributed by atoms with Gasteiger partial charge in [0.25, 0.3) is 5.56 Å². The molecule has 4 rings (SSSR count). The highest BCUT2D eigenvalue weighted by Crippen LogP contribution is 2.31. The third-order valence-electron chi connectivity index (χ3n) is 5.10. The maximum atomic E-state index is 13.5. The molecule has 11 heteroatoms. The summed E-state index contributed by atoms with van der Waals surface area (Å²) in [6.07, 6.45) is 4.88. The molecule has 3 heterocycles. The lowest BCUT2D eigenvalue weighted by atomic mass is 10.0. The second kappa shape index (κ2) is 9.94. The molecular formula is C23H22ClN7O3. The van der Waals surface area contributed by atoms with Crippen LogP contribution in [0.3, 0.4) is 0 Å². The second-order valence-corrected chi connectivity index (χ2v) is 7.89. The maximum Gasteiger partial charge on any atom is 0.260 e. The van der Waals surface area contributed by atoms with Gasteiger partial charge in [-0.3, -0.25) is 19.1 Å². The summed E-state index contributed by atoms with van der Waals surface area (Å²) in [6, 6.07) is 6.94. The van der Waals surface area contributed by atoms with Crippen molar-refractivity contribution in [3.63, 3.8) is 0 Å². The normalized spacial score (nSPS) is 10.9. The van der Waals surface area contributed by atoms with Crippen LogP contribution in [0.4, 0.5) is 5.95 Å². The molecular weight excluding hydrogens is 458 g/mol. The van der Waals surface area contributed by atoms with E-state index in [9.17, 15) is 9.59 Å². The van der Waals surface area contributed by atoms with Crippen molar-refractivity contribution in [1.82, 2.24) is 29.8 Å². The van der Waals surface area contributed by atoms with Crippen LogP contribution in [-0.2, 0) is 11.3 Å². The molecule has 0 bridgehead atoms. The van der Waals surface area contributed by atoms with E-state index in [1.54, 1.807) is 43.8 Å². The van der Waals surface area contributed by atoms with Crippen molar-refractivity contribution in [1.29, 1.82) is 0 Å². The Bertz CT molecular complexity index is 1440. The van der Waals surface area contributed by atoms with E-state index in [0.717, 1.165) is 11.3 Å². The number of nitrogens with one attached hydrogen (secondary N) is 2. The molecule has 0 aliphatic rings. The summed E-state index contributed by atoms with van der Waals surface area (Å²) >= 11 is 6.61. The predicted octanol–water partition coefficient (Wildman–Crippen LogP) is 2.03. The molecule has 0 saturated carbocycles. The highest BCUT2D eigenvalue weighted by molar-refractivity contribution is 6.33. The minimum Gasteiger partial charge on any atom is -0.395 e. The van der Waals surface area contributed by atoms with Gasteiger partial charge in [-0.2, -0.15) is 4.98 Å². The molecule has 3 aromatic heterocycles. The number of benzene rings is 1. The maximum absolute atomic E-state index is 13.5. The lowest BCUT2D eigenvalue weighted by Gasteiger charge is -2.14. The summed E-state index contributed by atoms with van der Waals surface area (Å²) in [7, 11) is 1.66. The van der Waals surface area contributed by atoms with Crippen LogP contribution < -0.4 is 16.2 Å². The predicted molar refractivity (Wildman–Crippen MR) is 130 cm³/mol. The van der Waals surface area contributed by atoms with E-state index in [1.807, 2.05) is 13.0 Å². The van der Waals surface area contributed by atoms with E-state index in [4.69, 9.17) is 16.7 Å². The van der Waals surface area contributed by atoms with Gasteiger partial charge in [-0.05, 0) is 19.1 Å². The van der Waals surface area contributed by atoms with Crippen molar-refractivity contribution in [2.75, 3.05) is 25.5 Å². The average molecular weight is 480 g/mol. The molecule has 0 radical (unpaired) electrons. The second-order valence-electron chi connectivity index (χ2n) is 7.49. The van der Waals surface area contributed by atoms with Gasteiger partial charge in [0.15, 0.2) is 0 Å². The number of fused-ring (bicyclic) bond motifs is 1. The zero-order chi connectivity index (χ0) is 24.2. The third-order valence-corrected chi connectivity index (χ3v) is 5.41. The molecule has 1 aromatic carbocycles. The van der Waals surface area contributed by atoms with E-state index in [-0.39, 0.29) is 19.7 Å². The van der Waals surface area contributed by atoms with E-state index < -0.39 is 11.5 Å². The van der Waals surface area contributed by atoms with Gasteiger partial charge in [0.2, 0.25) is 11.9 Å². The summed E-state index contributed by atoms with van der Waals surface area (Å²) in [6.45, 7) is 1.44. The number of aromatic nitrogens is 5. The number of hydrogen-bond acceptors (Lipinski definition) is 8. The molecule has 0 atom stereocenters. The van der Waals surface area contributed by atoms with E-state index in [1.165, 1.54) is 4.57 Å². The molecule has 0 fully saturated rings. The van der Waals surface area contributed by atoms with Crippen molar-refractivity contribution in [3.05, 3.63) is 63.9 Å². The molecule has 0 aliphatic carbocycles. The largest absolute Gasteiger partial charge is 0.395 e. The summed E-state index contributed by atoms with van der Waals surface area (Å²) < 4.78 is 1.27. The summed E-state index contributed by atoms with van der Waals surface area (Å²) in [4.78, 5) is 43.1. The number of amides is 1. The highest BCUT2D eigenvalue weighted by atomic mass is 35.5. The van der Waals surface area contributed by atoms with Gasteiger partial charge in [-0.25, -0.2) is 9.97 Å². The quantitative estimate of drug-likeness (QED) is 0.366. The van der Waals surface area contributed by atoms with Crippen LogP contribution in [-0.4, -0.2) is 55.7 Å². The summed E-state index contributed by atoms with van der Waals surface area (Å²) in [5.41, 5.74) is 2.87. The van der Waals surface area contributed by atoms with Gasteiger partial charge in [0, 0.05) is 53.1 Å². The first-order chi connectivity index (χ1) is 16.4. The van der Waals surface area contributed by atoms with Gasteiger partial charge < -0.3 is 15.7 Å². The standard InChI is InChI=1S/C23H22ClN7O3/c1-13-9-26-11-19(29-13)14-3-4-16(18(24)8-14)17-7-15-10-28-23(25-2)30-21(15)31(22(17)34)12-20(33)27-5-6-32/h3-4,7-11,32H,5-6,12H2,1-2H3,(H,27,33)(H,25,28,30). The van der Waals surface area contributed by atoms with E-state index in [0.29, 0.717) is 38.8 Å². The number of carbonyl (C=O) groups is 1. The Morgan fingerprint density at radius 1 is 1.15 bits per heavy atom.